The first-order valence-corrected chi connectivity index (χ1v) is 4.73. The summed E-state index contributed by atoms with van der Waals surface area (Å²) in [7, 11) is 0. The van der Waals surface area contributed by atoms with E-state index in [-0.39, 0.29) is 0 Å². The standard InChI is InChI=1S/C9H16NO/c1-7-5-8-3-2-4-9(6-7)10(8)11/h7-9H,2-6H2,1H3. The van der Waals surface area contributed by atoms with E-state index in [0.29, 0.717) is 12.1 Å². The van der Waals surface area contributed by atoms with Gasteiger partial charge in [0.1, 0.15) is 0 Å². The molecule has 0 spiro atoms. The van der Waals surface area contributed by atoms with Crippen LogP contribution >= 0.6 is 0 Å². The van der Waals surface area contributed by atoms with E-state index in [4.69, 9.17) is 0 Å². The van der Waals surface area contributed by atoms with E-state index in [9.17, 15) is 5.21 Å². The average Bonchev–Trinajstić information content (AvgIpc) is 1.92. The Morgan fingerprint density at radius 1 is 1.18 bits per heavy atom. The van der Waals surface area contributed by atoms with Crippen LogP contribution in [0.5, 0.6) is 0 Å². The molecule has 0 aromatic heterocycles. The largest absolute Gasteiger partial charge is 0.149 e. The first-order chi connectivity index (χ1) is 5.27. The Kier molecular flexibility index (Phi) is 1.90. The van der Waals surface area contributed by atoms with Crippen molar-refractivity contribution in [3.63, 3.8) is 0 Å². The van der Waals surface area contributed by atoms with Gasteiger partial charge in [0.25, 0.3) is 0 Å². The summed E-state index contributed by atoms with van der Waals surface area (Å²) in [6.45, 7) is 2.28. The summed E-state index contributed by atoms with van der Waals surface area (Å²) >= 11 is 0. The van der Waals surface area contributed by atoms with Crippen molar-refractivity contribution in [2.45, 2.75) is 51.1 Å². The van der Waals surface area contributed by atoms with Crippen LogP contribution in [0.2, 0.25) is 0 Å². The molecule has 2 saturated heterocycles. The molecule has 0 aromatic carbocycles. The Labute approximate surface area is 68.2 Å². The summed E-state index contributed by atoms with van der Waals surface area (Å²) < 4.78 is 0. The first-order valence-electron chi connectivity index (χ1n) is 4.73. The summed E-state index contributed by atoms with van der Waals surface area (Å²) in [6, 6.07) is 0.745. The van der Waals surface area contributed by atoms with Crippen molar-refractivity contribution in [2.24, 2.45) is 5.92 Å². The number of rotatable bonds is 0. The van der Waals surface area contributed by atoms with Crippen molar-refractivity contribution in [3.05, 3.63) is 0 Å². The third-order valence-corrected chi connectivity index (χ3v) is 3.14. The van der Waals surface area contributed by atoms with Crippen LogP contribution in [0.25, 0.3) is 0 Å². The molecule has 2 aliphatic rings. The van der Waals surface area contributed by atoms with Crippen molar-refractivity contribution < 1.29 is 5.21 Å². The molecule has 0 aromatic rings. The topological polar surface area (TPSA) is 23.1 Å². The third kappa shape index (κ3) is 1.30. The van der Waals surface area contributed by atoms with Gasteiger partial charge in [-0.3, -0.25) is 0 Å². The molecule has 1 radical (unpaired) electrons. The van der Waals surface area contributed by atoms with Crippen LogP contribution in [0.4, 0.5) is 0 Å². The maximum Gasteiger partial charge on any atom is 0.0389 e. The fourth-order valence-corrected chi connectivity index (χ4v) is 2.61. The highest BCUT2D eigenvalue weighted by Gasteiger charge is 2.36. The Bertz CT molecular complexity index is 134. The van der Waals surface area contributed by atoms with Gasteiger partial charge in [-0.2, -0.15) is 0 Å². The molecule has 2 unspecified atom stereocenters. The van der Waals surface area contributed by atoms with Crippen LogP contribution in [-0.4, -0.2) is 17.1 Å². The van der Waals surface area contributed by atoms with Gasteiger partial charge in [-0.15, -0.1) is 10.3 Å². The van der Waals surface area contributed by atoms with Crippen LogP contribution in [0.3, 0.4) is 0 Å². The van der Waals surface area contributed by atoms with Gasteiger partial charge in [-0.25, -0.2) is 0 Å². The molecule has 2 aliphatic heterocycles. The number of hydrogen-bond donors (Lipinski definition) is 0. The zero-order valence-electron chi connectivity index (χ0n) is 7.12. The molecule has 2 rings (SSSR count). The highest BCUT2D eigenvalue weighted by molar-refractivity contribution is 4.86. The molecular formula is C9H16NO. The molecule has 11 heavy (non-hydrogen) atoms. The predicted octanol–water partition coefficient (Wildman–Crippen LogP) is 1.98. The van der Waals surface area contributed by atoms with Crippen LogP contribution < -0.4 is 0 Å². The molecule has 0 saturated carbocycles. The van der Waals surface area contributed by atoms with E-state index in [0.717, 1.165) is 31.6 Å². The number of hydroxylamine groups is 2. The maximum absolute atomic E-state index is 11.5. The lowest BCUT2D eigenvalue weighted by Gasteiger charge is -2.42. The zero-order chi connectivity index (χ0) is 7.84. The second kappa shape index (κ2) is 2.76. The second-order valence-corrected chi connectivity index (χ2v) is 4.18. The molecule has 2 heteroatoms. The van der Waals surface area contributed by atoms with Crippen molar-refractivity contribution >= 4 is 0 Å². The number of piperidine rings is 2. The average molecular weight is 154 g/mol. The quantitative estimate of drug-likeness (QED) is 0.523. The van der Waals surface area contributed by atoms with E-state index < -0.39 is 0 Å². The second-order valence-electron chi connectivity index (χ2n) is 4.18. The lowest BCUT2D eigenvalue weighted by Crippen LogP contribution is -2.48. The predicted molar refractivity (Wildman–Crippen MR) is 42.4 cm³/mol. The molecule has 0 amide bonds. The van der Waals surface area contributed by atoms with Gasteiger partial charge in [-0.1, -0.05) is 13.3 Å². The Balaban J connectivity index is 2.07. The Morgan fingerprint density at radius 3 is 2.27 bits per heavy atom. The number of hydrogen-bond acceptors (Lipinski definition) is 1. The van der Waals surface area contributed by atoms with Gasteiger partial charge < -0.3 is 0 Å². The fraction of sp³-hybridized carbons (Fsp3) is 1.00. The Hall–Kier alpha value is -0.0800. The van der Waals surface area contributed by atoms with Gasteiger partial charge in [0, 0.05) is 12.1 Å². The maximum atomic E-state index is 11.5. The minimum Gasteiger partial charge on any atom is -0.149 e. The summed E-state index contributed by atoms with van der Waals surface area (Å²) in [5, 5.41) is 12.8. The highest BCUT2D eigenvalue weighted by Crippen LogP contribution is 2.35. The Morgan fingerprint density at radius 2 is 1.73 bits per heavy atom. The van der Waals surface area contributed by atoms with Crippen molar-refractivity contribution in [3.8, 4) is 0 Å². The molecule has 2 atom stereocenters. The van der Waals surface area contributed by atoms with Crippen molar-refractivity contribution in [2.75, 3.05) is 0 Å². The monoisotopic (exact) mass is 154 g/mol. The number of nitrogens with zero attached hydrogens (tertiary/aromatic N) is 1. The molecule has 2 heterocycles. The molecule has 0 aliphatic carbocycles. The third-order valence-electron chi connectivity index (χ3n) is 3.14. The summed E-state index contributed by atoms with van der Waals surface area (Å²) in [4.78, 5) is 0. The lowest BCUT2D eigenvalue weighted by molar-refractivity contribution is -0.249. The molecule has 0 N–H and O–H groups in total. The van der Waals surface area contributed by atoms with Crippen molar-refractivity contribution in [1.29, 1.82) is 0 Å². The highest BCUT2D eigenvalue weighted by atomic mass is 16.5. The van der Waals surface area contributed by atoms with Crippen LogP contribution in [0.1, 0.15) is 39.0 Å². The van der Waals surface area contributed by atoms with E-state index in [1.54, 1.807) is 0 Å². The smallest absolute Gasteiger partial charge is 0.0389 e. The molecule has 63 valence electrons. The van der Waals surface area contributed by atoms with Gasteiger partial charge in [0.05, 0.1) is 0 Å². The first kappa shape index (κ1) is 7.56. The normalized spacial score (nSPS) is 45.8. The number of fused-ring (bicyclic) bond motifs is 2. The van der Waals surface area contributed by atoms with Crippen LogP contribution in [-0.2, 0) is 5.21 Å². The molecule has 2 nitrogen and oxygen atoms in total. The SMILES string of the molecule is CC1CC2CCCC(C1)N2[O]. The van der Waals surface area contributed by atoms with E-state index in [1.165, 1.54) is 11.5 Å². The van der Waals surface area contributed by atoms with Gasteiger partial charge >= 0.3 is 0 Å². The van der Waals surface area contributed by atoms with Gasteiger partial charge in [0.15, 0.2) is 0 Å². The minimum atomic E-state index is 0.373. The summed E-state index contributed by atoms with van der Waals surface area (Å²) in [5.41, 5.74) is 0. The van der Waals surface area contributed by atoms with Gasteiger partial charge in [-0.05, 0) is 31.6 Å². The molecule has 2 fully saturated rings. The summed E-state index contributed by atoms with van der Waals surface area (Å²) in [6.07, 6.45) is 5.84. The van der Waals surface area contributed by atoms with Crippen LogP contribution in [0, 0.1) is 5.92 Å². The van der Waals surface area contributed by atoms with E-state index in [1.807, 2.05) is 0 Å². The van der Waals surface area contributed by atoms with Gasteiger partial charge in [0.2, 0.25) is 0 Å². The van der Waals surface area contributed by atoms with E-state index in [2.05, 4.69) is 6.92 Å². The minimum absolute atomic E-state index is 0.373. The summed E-state index contributed by atoms with van der Waals surface area (Å²) in [5.74, 6) is 0.787. The lowest BCUT2D eigenvalue weighted by atomic mass is 9.81. The fourth-order valence-electron chi connectivity index (χ4n) is 2.61. The van der Waals surface area contributed by atoms with Crippen LogP contribution in [0.15, 0.2) is 0 Å². The van der Waals surface area contributed by atoms with E-state index >= 15 is 0 Å². The molecular weight excluding hydrogens is 138 g/mol. The zero-order valence-corrected chi connectivity index (χ0v) is 7.12. The van der Waals surface area contributed by atoms with Crippen molar-refractivity contribution in [1.82, 2.24) is 5.06 Å². The molecule has 2 bridgehead atoms.